The van der Waals surface area contributed by atoms with Crippen LogP contribution in [0.25, 0.3) is 11.0 Å². The van der Waals surface area contributed by atoms with Gasteiger partial charge in [0.25, 0.3) is 0 Å². The van der Waals surface area contributed by atoms with E-state index in [4.69, 9.17) is 4.42 Å². The van der Waals surface area contributed by atoms with Gasteiger partial charge in [-0.05, 0) is 45.4 Å². The van der Waals surface area contributed by atoms with Crippen molar-refractivity contribution in [3.8, 4) is 0 Å². The van der Waals surface area contributed by atoms with Crippen LogP contribution < -0.4 is 5.32 Å². The van der Waals surface area contributed by atoms with E-state index in [1.807, 2.05) is 36.1 Å². The third-order valence-corrected chi connectivity index (χ3v) is 4.59. The number of carbonyl (C=O) groups is 1. The topological polar surface area (TPSA) is 45.5 Å². The molecule has 2 heterocycles. The van der Waals surface area contributed by atoms with Crippen molar-refractivity contribution in [2.45, 2.75) is 32.7 Å². The highest BCUT2D eigenvalue weighted by atomic mass is 35.5. The summed E-state index contributed by atoms with van der Waals surface area (Å²) in [5, 5.41) is 4.41. The van der Waals surface area contributed by atoms with Crippen molar-refractivity contribution in [1.29, 1.82) is 0 Å². The lowest BCUT2D eigenvalue weighted by molar-refractivity contribution is -0.138. The molecule has 0 bridgehead atoms. The molecule has 0 aliphatic carbocycles. The molecule has 2 atom stereocenters. The SMILES string of the molecule is CCN(C(=O)C1CCCNC1)C(C)c1cc2ccccc2o1.Cl. The third kappa shape index (κ3) is 3.70. The molecule has 1 N–H and O–H groups in total. The van der Waals surface area contributed by atoms with Crippen LogP contribution in [0.5, 0.6) is 0 Å². The lowest BCUT2D eigenvalue weighted by Crippen LogP contribution is -2.43. The van der Waals surface area contributed by atoms with Gasteiger partial charge in [-0.1, -0.05) is 18.2 Å². The number of hydrogen-bond donors (Lipinski definition) is 1. The minimum Gasteiger partial charge on any atom is -0.459 e. The summed E-state index contributed by atoms with van der Waals surface area (Å²) in [7, 11) is 0. The van der Waals surface area contributed by atoms with E-state index < -0.39 is 0 Å². The van der Waals surface area contributed by atoms with Crippen LogP contribution in [-0.2, 0) is 4.79 Å². The summed E-state index contributed by atoms with van der Waals surface area (Å²) < 4.78 is 5.94. The third-order valence-electron chi connectivity index (χ3n) is 4.59. The first kappa shape index (κ1) is 17.8. The lowest BCUT2D eigenvalue weighted by Gasteiger charge is -2.32. The molecule has 5 heteroatoms. The molecule has 1 fully saturated rings. The lowest BCUT2D eigenvalue weighted by atomic mass is 9.97. The Morgan fingerprint density at radius 2 is 2.22 bits per heavy atom. The Bertz CT molecular complexity index is 616. The van der Waals surface area contributed by atoms with Crippen molar-refractivity contribution < 1.29 is 9.21 Å². The number of carbonyl (C=O) groups excluding carboxylic acids is 1. The molecule has 0 spiro atoms. The molecule has 2 aromatic rings. The Morgan fingerprint density at radius 1 is 1.43 bits per heavy atom. The molecule has 4 nitrogen and oxygen atoms in total. The number of piperidine rings is 1. The molecule has 23 heavy (non-hydrogen) atoms. The molecule has 1 saturated heterocycles. The number of benzene rings is 1. The van der Waals surface area contributed by atoms with E-state index in [9.17, 15) is 4.79 Å². The molecular weight excluding hydrogens is 312 g/mol. The largest absolute Gasteiger partial charge is 0.459 e. The predicted octanol–water partition coefficient (Wildman–Crippen LogP) is 3.76. The van der Waals surface area contributed by atoms with Crippen molar-refractivity contribution in [1.82, 2.24) is 10.2 Å². The highest BCUT2D eigenvalue weighted by molar-refractivity contribution is 5.85. The van der Waals surface area contributed by atoms with Crippen LogP contribution in [0.3, 0.4) is 0 Å². The molecule has 3 rings (SSSR count). The van der Waals surface area contributed by atoms with Gasteiger partial charge in [0.05, 0.1) is 12.0 Å². The minimum atomic E-state index is -0.0353. The minimum absolute atomic E-state index is 0. The van der Waals surface area contributed by atoms with E-state index in [1.54, 1.807) is 0 Å². The van der Waals surface area contributed by atoms with Gasteiger partial charge >= 0.3 is 0 Å². The summed E-state index contributed by atoms with van der Waals surface area (Å²) in [4.78, 5) is 14.7. The first-order valence-electron chi connectivity index (χ1n) is 8.20. The van der Waals surface area contributed by atoms with Gasteiger partial charge in [-0.15, -0.1) is 12.4 Å². The first-order valence-corrected chi connectivity index (χ1v) is 8.20. The van der Waals surface area contributed by atoms with E-state index in [0.717, 1.165) is 42.7 Å². The van der Waals surface area contributed by atoms with E-state index in [2.05, 4.69) is 18.3 Å². The molecule has 1 amide bonds. The Kier molecular flexibility index (Phi) is 6.08. The number of nitrogens with zero attached hydrogens (tertiary/aromatic N) is 1. The number of furan rings is 1. The fourth-order valence-electron chi connectivity index (χ4n) is 3.28. The fourth-order valence-corrected chi connectivity index (χ4v) is 3.28. The van der Waals surface area contributed by atoms with Crippen molar-refractivity contribution in [2.75, 3.05) is 19.6 Å². The summed E-state index contributed by atoms with van der Waals surface area (Å²) >= 11 is 0. The van der Waals surface area contributed by atoms with Gasteiger partial charge in [-0.2, -0.15) is 0 Å². The molecular formula is C18H25ClN2O2. The van der Waals surface area contributed by atoms with Crippen LogP contribution >= 0.6 is 12.4 Å². The van der Waals surface area contributed by atoms with Gasteiger partial charge in [0.15, 0.2) is 0 Å². The molecule has 1 aromatic heterocycles. The maximum Gasteiger partial charge on any atom is 0.227 e. The number of hydrogen-bond acceptors (Lipinski definition) is 3. The van der Waals surface area contributed by atoms with E-state index in [0.29, 0.717) is 6.54 Å². The van der Waals surface area contributed by atoms with Gasteiger partial charge in [-0.25, -0.2) is 0 Å². The highest BCUT2D eigenvalue weighted by Gasteiger charge is 2.29. The summed E-state index contributed by atoms with van der Waals surface area (Å²) in [6.45, 7) is 6.60. The quantitative estimate of drug-likeness (QED) is 0.924. The molecule has 1 aliphatic rings. The van der Waals surface area contributed by atoms with Crippen LogP contribution in [0, 0.1) is 5.92 Å². The number of halogens is 1. The second-order valence-electron chi connectivity index (χ2n) is 6.03. The molecule has 126 valence electrons. The normalized spacial score (nSPS) is 19.1. The Hall–Kier alpha value is -1.52. The van der Waals surface area contributed by atoms with Crippen LogP contribution in [0.4, 0.5) is 0 Å². The first-order chi connectivity index (χ1) is 10.7. The number of para-hydroxylation sites is 1. The molecule has 1 aliphatic heterocycles. The smallest absolute Gasteiger partial charge is 0.227 e. The van der Waals surface area contributed by atoms with Crippen molar-refractivity contribution in [3.05, 3.63) is 36.1 Å². The fraction of sp³-hybridized carbons (Fsp3) is 0.500. The maximum absolute atomic E-state index is 12.8. The predicted molar refractivity (Wildman–Crippen MR) is 94.9 cm³/mol. The average Bonchev–Trinajstić information content (AvgIpc) is 3.00. The zero-order chi connectivity index (χ0) is 15.5. The average molecular weight is 337 g/mol. The number of amides is 1. The van der Waals surface area contributed by atoms with Crippen LogP contribution in [-0.4, -0.2) is 30.4 Å². The Labute approximate surface area is 143 Å². The van der Waals surface area contributed by atoms with Crippen LogP contribution in [0.1, 0.15) is 38.5 Å². The summed E-state index contributed by atoms with van der Waals surface area (Å²) in [5.41, 5.74) is 0.882. The summed E-state index contributed by atoms with van der Waals surface area (Å²) in [5.74, 6) is 1.20. The zero-order valence-corrected chi connectivity index (χ0v) is 14.6. The standard InChI is InChI=1S/C18H24N2O2.ClH/c1-3-20(18(21)15-8-6-10-19-12-15)13(2)17-11-14-7-4-5-9-16(14)22-17;/h4-5,7,9,11,13,15,19H,3,6,8,10,12H2,1-2H3;1H. The summed E-state index contributed by atoms with van der Waals surface area (Å²) in [6.07, 6.45) is 2.06. The van der Waals surface area contributed by atoms with Gasteiger partial charge in [0.1, 0.15) is 11.3 Å². The van der Waals surface area contributed by atoms with Crippen molar-refractivity contribution in [3.63, 3.8) is 0 Å². The van der Waals surface area contributed by atoms with Gasteiger partial charge < -0.3 is 14.6 Å². The zero-order valence-electron chi connectivity index (χ0n) is 13.7. The van der Waals surface area contributed by atoms with Crippen molar-refractivity contribution in [2.24, 2.45) is 5.92 Å². The molecule has 0 radical (unpaired) electrons. The van der Waals surface area contributed by atoms with E-state index in [1.165, 1.54) is 0 Å². The van der Waals surface area contributed by atoms with E-state index in [-0.39, 0.29) is 30.3 Å². The van der Waals surface area contributed by atoms with Crippen LogP contribution in [0.15, 0.2) is 34.7 Å². The number of nitrogens with one attached hydrogen (secondary N) is 1. The molecule has 2 unspecified atom stereocenters. The number of rotatable bonds is 4. The second-order valence-corrected chi connectivity index (χ2v) is 6.03. The van der Waals surface area contributed by atoms with Gasteiger partial charge in [0, 0.05) is 18.5 Å². The highest BCUT2D eigenvalue weighted by Crippen LogP contribution is 2.29. The Morgan fingerprint density at radius 3 is 2.87 bits per heavy atom. The second kappa shape index (κ2) is 7.84. The monoisotopic (exact) mass is 336 g/mol. The van der Waals surface area contributed by atoms with Gasteiger partial charge in [0.2, 0.25) is 5.91 Å². The van der Waals surface area contributed by atoms with E-state index >= 15 is 0 Å². The van der Waals surface area contributed by atoms with Crippen LogP contribution in [0.2, 0.25) is 0 Å². The summed E-state index contributed by atoms with van der Waals surface area (Å²) in [6, 6.07) is 9.99. The molecule has 0 saturated carbocycles. The maximum atomic E-state index is 12.8. The van der Waals surface area contributed by atoms with Crippen molar-refractivity contribution >= 4 is 29.3 Å². The molecule has 1 aromatic carbocycles. The number of fused-ring (bicyclic) bond motifs is 1. The Balaban J connectivity index is 0.00000192. The van der Waals surface area contributed by atoms with Gasteiger partial charge in [-0.3, -0.25) is 4.79 Å².